The number of amides is 1. The summed E-state index contributed by atoms with van der Waals surface area (Å²) in [6, 6.07) is 13.3. The fraction of sp³-hybridized carbons (Fsp3) is 0.278. The van der Waals surface area contributed by atoms with Crippen LogP contribution >= 0.6 is 0 Å². The van der Waals surface area contributed by atoms with E-state index in [1.54, 1.807) is 25.3 Å². The van der Waals surface area contributed by atoms with Crippen molar-refractivity contribution in [2.75, 3.05) is 0 Å². The number of hydrogen-bond acceptors (Lipinski definition) is 4. The molecule has 1 N–H and O–H groups in total. The van der Waals surface area contributed by atoms with Crippen molar-refractivity contribution in [1.29, 1.82) is 0 Å². The zero-order valence-corrected chi connectivity index (χ0v) is 13.2. The molecule has 0 aliphatic carbocycles. The first kappa shape index (κ1) is 15.4. The maximum absolute atomic E-state index is 12.6. The summed E-state index contributed by atoms with van der Waals surface area (Å²) < 4.78 is 0. The van der Waals surface area contributed by atoms with Gasteiger partial charge in [-0.25, -0.2) is 0 Å². The zero-order valence-electron chi connectivity index (χ0n) is 13.2. The molecule has 2 aromatic rings. The monoisotopic (exact) mass is 309 g/mol. The lowest BCUT2D eigenvalue weighted by molar-refractivity contribution is -0.0824. The van der Waals surface area contributed by atoms with Crippen LogP contribution in [-0.2, 0) is 6.42 Å². The van der Waals surface area contributed by atoms with Crippen LogP contribution in [-0.4, -0.2) is 32.4 Å². The first-order chi connectivity index (χ1) is 11.0. The third kappa shape index (κ3) is 2.87. The van der Waals surface area contributed by atoms with Crippen LogP contribution in [0.1, 0.15) is 29.8 Å². The number of aliphatic hydroxyl groups is 1. The number of aromatic nitrogens is 1. The molecule has 2 heterocycles. The summed E-state index contributed by atoms with van der Waals surface area (Å²) in [6.45, 7) is 3.48. The van der Waals surface area contributed by atoms with Crippen molar-refractivity contribution in [2.24, 2.45) is 11.0 Å². The van der Waals surface area contributed by atoms with Crippen LogP contribution in [0, 0.1) is 5.92 Å². The van der Waals surface area contributed by atoms with Crippen molar-refractivity contribution >= 4 is 11.6 Å². The average Bonchev–Trinajstić information content (AvgIpc) is 2.79. The van der Waals surface area contributed by atoms with E-state index in [1.807, 2.05) is 37.3 Å². The summed E-state index contributed by atoms with van der Waals surface area (Å²) in [5, 5.41) is 16.4. The maximum atomic E-state index is 12.6. The molecule has 0 bridgehead atoms. The quantitative estimate of drug-likeness (QED) is 0.947. The van der Waals surface area contributed by atoms with Gasteiger partial charge in [-0.2, -0.15) is 10.1 Å². The molecule has 23 heavy (non-hydrogen) atoms. The molecule has 0 saturated carbocycles. The third-order valence-electron chi connectivity index (χ3n) is 4.23. The van der Waals surface area contributed by atoms with Gasteiger partial charge in [0, 0.05) is 18.1 Å². The van der Waals surface area contributed by atoms with E-state index < -0.39 is 5.72 Å². The molecule has 3 rings (SSSR count). The minimum absolute atomic E-state index is 0.245. The molecule has 5 nitrogen and oxygen atoms in total. The number of carbonyl (C=O) groups excluding carboxylic acids is 1. The normalized spacial score (nSPS) is 23.7. The molecule has 5 heteroatoms. The standard InChI is InChI=1S/C18H19N3O2/c1-13-16(11-14-7-4-3-5-8-14)18(2,23)21(20-13)17(22)15-9-6-10-19-12-15/h3-10,12,16,23H,11H2,1-2H3/t16-,18-/m0/s1. The molecule has 1 aliphatic heterocycles. The summed E-state index contributed by atoms with van der Waals surface area (Å²) in [5.41, 5.74) is 0.885. The van der Waals surface area contributed by atoms with Crippen LogP contribution in [0.3, 0.4) is 0 Å². The van der Waals surface area contributed by atoms with Gasteiger partial charge in [0.2, 0.25) is 0 Å². The second-order valence-corrected chi connectivity index (χ2v) is 5.94. The lowest BCUT2D eigenvalue weighted by Crippen LogP contribution is -2.49. The Balaban J connectivity index is 1.86. The third-order valence-corrected chi connectivity index (χ3v) is 4.23. The molecular weight excluding hydrogens is 290 g/mol. The highest BCUT2D eigenvalue weighted by molar-refractivity contribution is 5.98. The van der Waals surface area contributed by atoms with Crippen LogP contribution in [0.15, 0.2) is 60.0 Å². The van der Waals surface area contributed by atoms with Gasteiger partial charge in [0.05, 0.1) is 11.5 Å². The maximum Gasteiger partial charge on any atom is 0.278 e. The number of hydrazone groups is 1. The molecule has 0 spiro atoms. The Hall–Kier alpha value is -2.53. The molecule has 0 radical (unpaired) electrons. The van der Waals surface area contributed by atoms with Crippen molar-refractivity contribution in [3.8, 4) is 0 Å². The van der Waals surface area contributed by atoms with Crippen LogP contribution in [0.2, 0.25) is 0 Å². The largest absolute Gasteiger partial charge is 0.369 e. The molecule has 0 fully saturated rings. The fourth-order valence-electron chi connectivity index (χ4n) is 2.93. The van der Waals surface area contributed by atoms with Gasteiger partial charge in [0.15, 0.2) is 5.72 Å². The first-order valence-electron chi connectivity index (χ1n) is 7.56. The predicted molar refractivity (Wildman–Crippen MR) is 87.8 cm³/mol. The SMILES string of the molecule is CC1=NN(C(=O)c2cccnc2)[C@@](C)(O)[C@H]1Cc1ccccc1. The zero-order chi connectivity index (χ0) is 16.4. The molecule has 1 aromatic carbocycles. The van der Waals surface area contributed by atoms with Crippen molar-refractivity contribution in [2.45, 2.75) is 26.0 Å². The van der Waals surface area contributed by atoms with Crippen molar-refractivity contribution in [3.05, 3.63) is 66.0 Å². The highest BCUT2D eigenvalue weighted by atomic mass is 16.3. The average molecular weight is 309 g/mol. The minimum Gasteiger partial charge on any atom is -0.369 e. The molecule has 2 atom stereocenters. The van der Waals surface area contributed by atoms with Crippen LogP contribution < -0.4 is 0 Å². The topological polar surface area (TPSA) is 65.8 Å². The summed E-state index contributed by atoms with van der Waals surface area (Å²) in [4.78, 5) is 16.6. The van der Waals surface area contributed by atoms with Crippen LogP contribution in [0.5, 0.6) is 0 Å². The molecular formula is C18H19N3O2. The number of benzene rings is 1. The Morgan fingerprint density at radius 1 is 1.26 bits per heavy atom. The van der Waals surface area contributed by atoms with Gasteiger partial charge in [0.25, 0.3) is 5.91 Å². The molecule has 1 amide bonds. The Bertz CT molecular complexity index is 726. The summed E-state index contributed by atoms with van der Waals surface area (Å²) in [6.07, 6.45) is 3.71. The highest BCUT2D eigenvalue weighted by Gasteiger charge is 2.47. The van der Waals surface area contributed by atoms with Gasteiger partial charge >= 0.3 is 0 Å². The van der Waals surface area contributed by atoms with Crippen LogP contribution in [0.4, 0.5) is 0 Å². The van der Waals surface area contributed by atoms with E-state index in [9.17, 15) is 9.90 Å². The Kier molecular flexibility index (Phi) is 3.96. The first-order valence-corrected chi connectivity index (χ1v) is 7.56. The van der Waals surface area contributed by atoms with E-state index in [-0.39, 0.29) is 11.8 Å². The smallest absolute Gasteiger partial charge is 0.278 e. The molecule has 118 valence electrons. The van der Waals surface area contributed by atoms with E-state index in [1.165, 1.54) is 11.2 Å². The van der Waals surface area contributed by atoms with E-state index in [0.717, 1.165) is 11.3 Å². The van der Waals surface area contributed by atoms with Gasteiger partial charge in [-0.15, -0.1) is 0 Å². The lowest BCUT2D eigenvalue weighted by atomic mass is 9.87. The number of rotatable bonds is 3. The number of pyridine rings is 1. The molecule has 1 aromatic heterocycles. The fourth-order valence-corrected chi connectivity index (χ4v) is 2.93. The van der Waals surface area contributed by atoms with Gasteiger partial charge in [0.1, 0.15) is 0 Å². The van der Waals surface area contributed by atoms with Gasteiger partial charge < -0.3 is 5.11 Å². The highest BCUT2D eigenvalue weighted by Crippen LogP contribution is 2.34. The van der Waals surface area contributed by atoms with Gasteiger partial charge in [-0.05, 0) is 38.0 Å². The Morgan fingerprint density at radius 3 is 2.65 bits per heavy atom. The van der Waals surface area contributed by atoms with E-state index in [0.29, 0.717) is 12.0 Å². The number of hydrogen-bond donors (Lipinski definition) is 1. The lowest BCUT2D eigenvalue weighted by Gasteiger charge is -2.32. The molecule has 1 aliphatic rings. The minimum atomic E-state index is -1.37. The Morgan fingerprint density at radius 2 is 2.00 bits per heavy atom. The van der Waals surface area contributed by atoms with Crippen molar-refractivity contribution in [1.82, 2.24) is 9.99 Å². The predicted octanol–water partition coefficient (Wildman–Crippen LogP) is 2.48. The molecule has 0 saturated heterocycles. The van der Waals surface area contributed by atoms with Crippen molar-refractivity contribution < 1.29 is 9.90 Å². The second-order valence-electron chi connectivity index (χ2n) is 5.94. The summed E-state index contributed by atoms with van der Waals surface area (Å²) in [5.74, 6) is -0.594. The van der Waals surface area contributed by atoms with Crippen molar-refractivity contribution in [3.63, 3.8) is 0 Å². The van der Waals surface area contributed by atoms with Crippen LogP contribution in [0.25, 0.3) is 0 Å². The van der Waals surface area contributed by atoms with Gasteiger partial charge in [-0.3, -0.25) is 9.78 Å². The number of carbonyl (C=O) groups is 1. The molecule has 0 unspecified atom stereocenters. The second kappa shape index (κ2) is 5.93. The number of nitrogens with zero attached hydrogens (tertiary/aromatic N) is 3. The van der Waals surface area contributed by atoms with Gasteiger partial charge in [-0.1, -0.05) is 30.3 Å². The Labute approximate surface area is 135 Å². The van der Waals surface area contributed by atoms with E-state index in [2.05, 4.69) is 10.1 Å². The summed E-state index contributed by atoms with van der Waals surface area (Å²) in [7, 11) is 0. The van der Waals surface area contributed by atoms with E-state index >= 15 is 0 Å². The summed E-state index contributed by atoms with van der Waals surface area (Å²) >= 11 is 0. The van der Waals surface area contributed by atoms with E-state index in [4.69, 9.17) is 0 Å².